The molecule has 0 bridgehead atoms. The molecule has 2 N–H and O–H groups in total. The summed E-state index contributed by atoms with van der Waals surface area (Å²) in [7, 11) is 0. The van der Waals surface area contributed by atoms with Crippen LogP contribution in [0, 0.1) is 5.92 Å². The van der Waals surface area contributed by atoms with Crippen molar-refractivity contribution in [1.29, 1.82) is 0 Å². The number of carbonyl (C=O) groups is 1. The molecule has 0 aromatic carbocycles. The fourth-order valence-corrected chi connectivity index (χ4v) is 3.07. The lowest BCUT2D eigenvalue weighted by Gasteiger charge is -2.17. The number of unbranched alkanes of at least 4 members (excludes halogenated alkanes) is 10. The van der Waals surface area contributed by atoms with E-state index in [1.165, 1.54) is 64.2 Å². The number of ether oxygens (including phenoxy) is 1. The van der Waals surface area contributed by atoms with Crippen molar-refractivity contribution in [3.05, 3.63) is 0 Å². The highest BCUT2D eigenvalue weighted by Crippen LogP contribution is 2.20. The van der Waals surface area contributed by atoms with Crippen LogP contribution < -0.4 is 0 Å². The van der Waals surface area contributed by atoms with E-state index in [9.17, 15) is 9.90 Å². The molecule has 4 heteroatoms. The molecule has 0 radical (unpaired) electrons. The number of aliphatic hydroxyl groups is 2. The molecule has 0 aromatic rings. The summed E-state index contributed by atoms with van der Waals surface area (Å²) in [5, 5.41) is 18.2. The lowest BCUT2D eigenvalue weighted by Crippen LogP contribution is -2.25. The molecule has 0 aromatic heterocycles. The summed E-state index contributed by atoms with van der Waals surface area (Å²) in [6.45, 7) is 3.96. The Morgan fingerprint density at radius 3 is 1.68 bits per heavy atom. The average molecular weight is 359 g/mol. The molecule has 0 spiro atoms. The van der Waals surface area contributed by atoms with E-state index in [-0.39, 0.29) is 25.1 Å². The molecule has 25 heavy (non-hydrogen) atoms. The molecule has 150 valence electrons. The van der Waals surface area contributed by atoms with Crippen molar-refractivity contribution < 1.29 is 19.7 Å². The van der Waals surface area contributed by atoms with E-state index in [1.54, 1.807) is 0 Å². The second kappa shape index (κ2) is 18.2. The van der Waals surface area contributed by atoms with Gasteiger partial charge in [0.15, 0.2) is 0 Å². The summed E-state index contributed by atoms with van der Waals surface area (Å²) in [5.74, 6) is -0.253. The SMILES string of the molecule is CCCCCCCCCC(CCCCCCC)C(=O)OCC(O)CO. The van der Waals surface area contributed by atoms with E-state index in [1.807, 2.05) is 0 Å². The normalized spacial score (nSPS) is 13.6. The van der Waals surface area contributed by atoms with Gasteiger partial charge in [-0.1, -0.05) is 90.9 Å². The van der Waals surface area contributed by atoms with Crippen molar-refractivity contribution in [2.45, 2.75) is 110 Å². The van der Waals surface area contributed by atoms with Crippen molar-refractivity contribution in [2.24, 2.45) is 5.92 Å². The summed E-state index contributed by atoms with van der Waals surface area (Å²) in [4.78, 5) is 12.3. The fourth-order valence-electron chi connectivity index (χ4n) is 3.07. The largest absolute Gasteiger partial charge is 0.463 e. The molecule has 0 aliphatic rings. The van der Waals surface area contributed by atoms with E-state index in [0.29, 0.717) is 0 Å². The van der Waals surface area contributed by atoms with Crippen molar-refractivity contribution in [2.75, 3.05) is 13.2 Å². The van der Waals surface area contributed by atoms with Crippen LogP contribution in [0.25, 0.3) is 0 Å². The van der Waals surface area contributed by atoms with Crippen LogP contribution in [0.4, 0.5) is 0 Å². The Kier molecular flexibility index (Phi) is 17.7. The van der Waals surface area contributed by atoms with Crippen LogP contribution in [0.3, 0.4) is 0 Å². The Hall–Kier alpha value is -0.610. The highest BCUT2D eigenvalue weighted by Gasteiger charge is 2.20. The number of rotatable bonds is 18. The van der Waals surface area contributed by atoms with E-state index in [2.05, 4.69) is 13.8 Å². The predicted molar refractivity (Wildman–Crippen MR) is 104 cm³/mol. The zero-order chi connectivity index (χ0) is 18.8. The van der Waals surface area contributed by atoms with Crippen LogP contribution in [0.15, 0.2) is 0 Å². The summed E-state index contributed by atoms with van der Waals surface area (Å²) >= 11 is 0. The molecule has 0 aliphatic heterocycles. The summed E-state index contributed by atoms with van der Waals surface area (Å²) in [6.07, 6.45) is 15.5. The summed E-state index contributed by atoms with van der Waals surface area (Å²) in [6, 6.07) is 0. The summed E-state index contributed by atoms with van der Waals surface area (Å²) in [5.41, 5.74) is 0. The quantitative estimate of drug-likeness (QED) is 0.267. The van der Waals surface area contributed by atoms with Crippen molar-refractivity contribution in [3.8, 4) is 0 Å². The molecule has 0 heterocycles. The van der Waals surface area contributed by atoms with Crippen molar-refractivity contribution >= 4 is 5.97 Å². The maximum absolute atomic E-state index is 12.3. The van der Waals surface area contributed by atoms with Gasteiger partial charge in [-0.3, -0.25) is 4.79 Å². The van der Waals surface area contributed by atoms with Crippen LogP contribution in [0.2, 0.25) is 0 Å². The van der Waals surface area contributed by atoms with Crippen LogP contribution in [0.1, 0.15) is 104 Å². The van der Waals surface area contributed by atoms with E-state index in [4.69, 9.17) is 9.84 Å². The third-order valence-electron chi connectivity index (χ3n) is 4.77. The lowest BCUT2D eigenvalue weighted by atomic mass is 9.94. The first-order chi connectivity index (χ1) is 12.2. The van der Waals surface area contributed by atoms with Gasteiger partial charge in [-0.15, -0.1) is 0 Å². The first-order valence-electron chi connectivity index (χ1n) is 10.6. The Bertz CT molecular complexity index is 294. The smallest absolute Gasteiger partial charge is 0.309 e. The Morgan fingerprint density at radius 1 is 0.800 bits per heavy atom. The van der Waals surface area contributed by atoms with E-state index < -0.39 is 6.10 Å². The van der Waals surface area contributed by atoms with Gasteiger partial charge < -0.3 is 14.9 Å². The molecular weight excluding hydrogens is 316 g/mol. The standard InChI is InChI=1S/C21H42O4/c1-3-5-7-9-10-12-14-16-19(15-13-11-8-6-4-2)21(24)25-18-20(23)17-22/h19-20,22-23H,3-18H2,1-2H3. The summed E-state index contributed by atoms with van der Waals surface area (Å²) < 4.78 is 5.20. The highest BCUT2D eigenvalue weighted by atomic mass is 16.5. The Labute approximate surface area is 155 Å². The van der Waals surface area contributed by atoms with Gasteiger partial charge in [0.1, 0.15) is 12.7 Å². The maximum Gasteiger partial charge on any atom is 0.309 e. The van der Waals surface area contributed by atoms with Crippen molar-refractivity contribution in [1.82, 2.24) is 0 Å². The molecule has 0 saturated heterocycles. The Balaban J connectivity index is 4.07. The van der Waals surface area contributed by atoms with Gasteiger partial charge in [0.25, 0.3) is 0 Å². The first kappa shape index (κ1) is 24.4. The van der Waals surface area contributed by atoms with Crippen LogP contribution in [0.5, 0.6) is 0 Å². The zero-order valence-corrected chi connectivity index (χ0v) is 16.7. The molecule has 4 nitrogen and oxygen atoms in total. The lowest BCUT2D eigenvalue weighted by molar-refractivity contribution is -0.152. The van der Waals surface area contributed by atoms with Crippen molar-refractivity contribution in [3.63, 3.8) is 0 Å². The molecule has 0 fully saturated rings. The van der Waals surface area contributed by atoms with Gasteiger partial charge in [0.05, 0.1) is 12.5 Å². The van der Waals surface area contributed by atoms with Crippen LogP contribution >= 0.6 is 0 Å². The molecule has 0 rings (SSSR count). The molecule has 0 amide bonds. The number of hydrogen-bond donors (Lipinski definition) is 2. The zero-order valence-electron chi connectivity index (χ0n) is 16.7. The van der Waals surface area contributed by atoms with Gasteiger partial charge in [-0.05, 0) is 12.8 Å². The first-order valence-corrected chi connectivity index (χ1v) is 10.6. The number of esters is 1. The third kappa shape index (κ3) is 15.4. The second-order valence-electron chi connectivity index (χ2n) is 7.28. The molecule has 0 saturated carbocycles. The van der Waals surface area contributed by atoms with Gasteiger partial charge in [0.2, 0.25) is 0 Å². The Morgan fingerprint density at radius 2 is 1.24 bits per heavy atom. The monoisotopic (exact) mass is 358 g/mol. The van der Waals surface area contributed by atoms with Gasteiger partial charge in [-0.25, -0.2) is 0 Å². The topological polar surface area (TPSA) is 66.8 Å². The molecule has 2 unspecified atom stereocenters. The van der Waals surface area contributed by atoms with E-state index in [0.717, 1.165) is 25.7 Å². The number of aliphatic hydroxyl groups excluding tert-OH is 2. The second-order valence-corrected chi connectivity index (χ2v) is 7.28. The van der Waals surface area contributed by atoms with Gasteiger partial charge in [-0.2, -0.15) is 0 Å². The minimum absolute atomic E-state index is 0.0526. The minimum atomic E-state index is -0.965. The van der Waals surface area contributed by atoms with E-state index >= 15 is 0 Å². The molecule has 0 aliphatic carbocycles. The van der Waals surface area contributed by atoms with Crippen LogP contribution in [-0.2, 0) is 9.53 Å². The highest BCUT2D eigenvalue weighted by molar-refractivity contribution is 5.72. The fraction of sp³-hybridized carbons (Fsp3) is 0.952. The van der Waals surface area contributed by atoms with Gasteiger partial charge >= 0.3 is 5.97 Å². The number of carbonyl (C=O) groups excluding carboxylic acids is 1. The average Bonchev–Trinajstić information content (AvgIpc) is 2.63. The molecular formula is C21H42O4. The predicted octanol–water partition coefficient (Wildman–Crippen LogP) is 5.00. The minimum Gasteiger partial charge on any atom is -0.463 e. The maximum atomic E-state index is 12.3. The van der Waals surface area contributed by atoms with Gasteiger partial charge in [0, 0.05) is 0 Å². The number of hydrogen-bond acceptors (Lipinski definition) is 4. The van der Waals surface area contributed by atoms with Crippen LogP contribution in [-0.4, -0.2) is 35.5 Å². The molecule has 2 atom stereocenters. The third-order valence-corrected chi connectivity index (χ3v) is 4.77.